The number of halogens is 1. The second kappa shape index (κ2) is 11.2. The monoisotopic (exact) mass is 547 g/mol. The minimum absolute atomic E-state index is 0.0622. The fourth-order valence-electron chi connectivity index (χ4n) is 4.64. The molecule has 5 rings (SSSR count). The number of nitrogens with zero attached hydrogens (tertiary/aromatic N) is 3. The van der Waals surface area contributed by atoms with Gasteiger partial charge in [-0.05, 0) is 66.8 Å². The first-order valence-electron chi connectivity index (χ1n) is 11.9. The zero-order valence-corrected chi connectivity index (χ0v) is 22.4. The number of anilines is 2. The van der Waals surface area contributed by atoms with E-state index in [1.54, 1.807) is 25.4 Å². The number of hydrogen-bond acceptors (Lipinski definition) is 5. The molecule has 0 saturated carbocycles. The van der Waals surface area contributed by atoms with Gasteiger partial charge in [0.1, 0.15) is 18.4 Å². The maximum Gasteiger partial charge on any atom is 0.250 e. The highest BCUT2D eigenvalue weighted by Crippen LogP contribution is 2.43. The molecule has 1 saturated heterocycles. The van der Waals surface area contributed by atoms with Crippen LogP contribution in [0.5, 0.6) is 5.75 Å². The molecule has 1 aliphatic rings. The van der Waals surface area contributed by atoms with Crippen molar-refractivity contribution in [2.75, 3.05) is 31.0 Å². The number of hydrogen-bond donors (Lipinski definition) is 2. The smallest absolute Gasteiger partial charge is 0.250 e. The van der Waals surface area contributed by atoms with E-state index in [1.165, 1.54) is 7.11 Å². The Labute approximate surface area is 231 Å². The van der Waals surface area contributed by atoms with Crippen molar-refractivity contribution >= 4 is 46.2 Å². The number of amides is 1. The number of carbonyl (C=O) groups excluding carboxylic acids is 1. The summed E-state index contributed by atoms with van der Waals surface area (Å²) in [5, 5.41) is 7.16. The van der Waals surface area contributed by atoms with Crippen LogP contribution in [0.2, 0.25) is 5.02 Å². The summed E-state index contributed by atoms with van der Waals surface area (Å²) in [6, 6.07) is 22.7. The summed E-state index contributed by atoms with van der Waals surface area (Å²) in [6.07, 6.45) is 3.79. The van der Waals surface area contributed by atoms with Crippen LogP contribution in [0.3, 0.4) is 0 Å². The number of rotatable bonds is 8. The first-order valence-corrected chi connectivity index (χ1v) is 12.7. The van der Waals surface area contributed by atoms with Crippen molar-refractivity contribution in [2.24, 2.45) is 0 Å². The summed E-state index contributed by atoms with van der Waals surface area (Å²) in [4.78, 5) is 18.7. The molecule has 38 heavy (non-hydrogen) atoms. The number of methoxy groups -OCH3 is 2. The van der Waals surface area contributed by atoms with Gasteiger partial charge in [-0.15, -0.1) is 0 Å². The van der Waals surface area contributed by atoms with E-state index in [0.717, 1.165) is 28.5 Å². The van der Waals surface area contributed by atoms with Gasteiger partial charge in [0, 0.05) is 42.6 Å². The third-order valence-electron chi connectivity index (χ3n) is 6.29. The van der Waals surface area contributed by atoms with Crippen molar-refractivity contribution in [1.29, 1.82) is 0 Å². The molecular formula is C28H26ClN5O3S. The van der Waals surface area contributed by atoms with Gasteiger partial charge in [-0.1, -0.05) is 23.7 Å². The molecule has 0 radical (unpaired) electrons. The Bertz CT molecular complexity index is 1460. The topological polar surface area (TPSA) is 80.7 Å². The fourth-order valence-corrected chi connectivity index (χ4v) is 5.20. The average Bonchev–Trinajstić information content (AvgIpc) is 3.55. The third kappa shape index (κ3) is 5.08. The summed E-state index contributed by atoms with van der Waals surface area (Å²) in [7, 11) is 3.12. The average molecular weight is 548 g/mol. The second-order valence-electron chi connectivity index (χ2n) is 8.65. The number of nitrogens with one attached hydrogen (secondary N) is 2. The molecule has 2 aromatic heterocycles. The molecule has 1 amide bonds. The van der Waals surface area contributed by atoms with E-state index in [4.69, 9.17) is 33.3 Å². The Balaban J connectivity index is 1.59. The van der Waals surface area contributed by atoms with E-state index in [9.17, 15) is 4.79 Å². The Morgan fingerprint density at radius 1 is 1.08 bits per heavy atom. The Morgan fingerprint density at radius 2 is 1.95 bits per heavy atom. The van der Waals surface area contributed by atoms with Crippen molar-refractivity contribution in [1.82, 2.24) is 14.9 Å². The molecule has 0 bridgehead atoms. The molecule has 4 aromatic rings. The molecule has 1 aliphatic heterocycles. The number of ether oxygens (including phenoxy) is 2. The largest absolute Gasteiger partial charge is 0.497 e. The lowest BCUT2D eigenvalue weighted by atomic mass is 10.0. The first-order chi connectivity index (χ1) is 18.5. The lowest BCUT2D eigenvalue weighted by Gasteiger charge is -2.29. The van der Waals surface area contributed by atoms with Crippen molar-refractivity contribution in [2.45, 2.75) is 12.1 Å². The standard InChI is InChI=1S/C28H26ClN5O3S/c1-36-17-25(35)31-22-12-11-19(16-21(22)29)34-27(26(32-28(34)38)23-9-3-4-13-30-23)24-10-6-14-33(24)18-7-5-8-20(15-18)37-2/h3-16,26-27H,17H2,1-2H3,(H,31,35)(H,32,38)/t26-,27-/m1/s1. The first kappa shape index (κ1) is 25.7. The second-order valence-corrected chi connectivity index (χ2v) is 9.44. The molecule has 10 heteroatoms. The number of aromatic nitrogens is 2. The summed E-state index contributed by atoms with van der Waals surface area (Å²) in [5.74, 6) is 0.475. The quantitative estimate of drug-likeness (QED) is 0.290. The molecular weight excluding hydrogens is 522 g/mol. The minimum atomic E-state index is -0.287. The molecule has 2 aromatic carbocycles. The molecule has 3 heterocycles. The van der Waals surface area contributed by atoms with Crippen LogP contribution in [0.25, 0.3) is 5.69 Å². The van der Waals surface area contributed by atoms with E-state index in [1.807, 2.05) is 65.7 Å². The van der Waals surface area contributed by atoms with Crippen LogP contribution in [-0.2, 0) is 9.53 Å². The number of thiocarbonyl (C=S) groups is 1. The van der Waals surface area contributed by atoms with Crippen molar-refractivity contribution in [3.63, 3.8) is 0 Å². The predicted octanol–water partition coefficient (Wildman–Crippen LogP) is 5.30. The van der Waals surface area contributed by atoms with Gasteiger partial charge in [0.2, 0.25) is 5.91 Å². The molecule has 194 valence electrons. The molecule has 2 atom stereocenters. The normalized spacial score (nSPS) is 16.8. The van der Waals surface area contributed by atoms with Gasteiger partial charge in [-0.3, -0.25) is 9.78 Å². The summed E-state index contributed by atoms with van der Waals surface area (Å²) >= 11 is 12.5. The Morgan fingerprint density at radius 3 is 2.68 bits per heavy atom. The van der Waals surface area contributed by atoms with Crippen LogP contribution >= 0.6 is 23.8 Å². The molecule has 2 N–H and O–H groups in total. The van der Waals surface area contributed by atoms with Crippen molar-refractivity contribution in [3.8, 4) is 11.4 Å². The highest BCUT2D eigenvalue weighted by Gasteiger charge is 2.42. The summed E-state index contributed by atoms with van der Waals surface area (Å²) in [6.45, 7) is -0.0622. The Kier molecular flexibility index (Phi) is 7.59. The van der Waals surface area contributed by atoms with Gasteiger partial charge in [-0.2, -0.15) is 0 Å². The Hall–Kier alpha value is -3.92. The molecule has 8 nitrogen and oxygen atoms in total. The van der Waals surface area contributed by atoms with Gasteiger partial charge in [-0.25, -0.2) is 0 Å². The van der Waals surface area contributed by atoms with Crippen LogP contribution < -0.4 is 20.3 Å². The van der Waals surface area contributed by atoms with E-state index >= 15 is 0 Å². The minimum Gasteiger partial charge on any atom is -0.497 e. The van der Waals surface area contributed by atoms with Crippen LogP contribution in [-0.4, -0.2) is 41.4 Å². The fraction of sp³-hybridized carbons (Fsp3) is 0.179. The van der Waals surface area contributed by atoms with Crippen LogP contribution in [0.15, 0.2) is 85.2 Å². The number of pyridine rings is 1. The van der Waals surface area contributed by atoms with E-state index in [-0.39, 0.29) is 24.6 Å². The third-order valence-corrected chi connectivity index (χ3v) is 6.92. The summed E-state index contributed by atoms with van der Waals surface area (Å²) < 4.78 is 12.5. The molecule has 0 spiro atoms. The van der Waals surface area contributed by atoms with E-state index in [2.05, 4.69) is 26.3 Å². The van der Waals surface area contributed by atoms with Crippen LogP contribution in [0.4, 0.5) is 11.4 Å². The maximum absolute atomic E-state index is 12.0. The number of carbonyl (C=O) groups is 1. The van der Waals surface area contributed by atoms with E-state index in [0.29, 0.717) is 15.8 Å². The van der Waals surface area contributed by atoms with Crippen molar-refractivity contribution in [3.05, 3.63) is 102 Å². The maximum atomic E-state index is 12.0. The molecule has 1 fully saturated rings. The number of benzene rings is 2. The van der Waals surface area contributed by atoms with Gasteiger partial charge >= 0.3 is 0 Å². The molecule has 0 aliphatic carbocycles. The predicted molar refractivity (Wildman–Crippen MR) is 152 cm³/mol. The lowest BCUT2D eigenvalue weighted by molar-refractivity contribution is -0.119. The van der Waals surface area contributed by atoms with Crippen molar-refractivity contribution < 1.29 is 14.3 Å². The van der Waals surface area contributed by atoms with Gasteiger partial charge in [0.05, 0.1) is 29.6 Å². The van der Waals surface area contributed by atoms with Crippen LogP contribution in [0, 0.1) is 0 Å². The van der Waals surface area contributed by atoms with E-state index < -0.39 is 0 Å². The molecule has 0 unspecified atom stereocenters. The van der Waals surface area contributed by atoms with Gasteiger partial charge in [0.25, 0.3) is 0 Å². The lowest BCUT2D eigenvalue weighted by Crippen LogP contribution is -2.30. The van der Waals surface area contributed by atoms with Gasteiger partial charge in [0.15, 0.2) is 5.11 Å². The highest BCUT2D eigenvalue weighted by molar-refractivity contribution is 7.80. The summed E-state index contributed by atoms with van der Waals surface area (Å²) in [5.41, 5.74) is 4.08. The zero-order chi connectivity index (χ0) is 26.6. The zero-order valence-electron chi connectivity index (χ0n) is 20.8. The highest BCUT2D eigenvalue weighted by atomic mass is 35.5. The van der Waals surface area contributed by atoms with Gasteiger partial charge < -0.3 is 29.6 Å². The van der Waals surface area contributed by atoms with Crippen LogP contribution in [0.1, 0.15) is 23.5 Å². The SMILES string of the molecule is COCC(=O)Nc1ccc(N2C(=S)N[C@H](c3ccccn3)[C@H]2c2cccn2-c2cccc(OC)c2)cc1Cl.